The molecule has 0 unspecified atom stereocenters. The molecular formula is C9H11NO3S2. The van der Waals surface area contributed by atoms with E-state index < -0.39 is 4.92 Å². The highest BCUT2D eigenvalue weighted by atomic mass is 32.2. The second-order valence-electron chi connectivity index (χ2n) is 2.95. The maximum absolute atomic E-state index is 11.1. The molecule has 0 bridgehead atoms. The summed E-state index contributed by atoms with van der Waals surface area (Å²) in [4.78, 5) is 21.8. The highest BCUT2D eigenvalue weighted by Crippen LogP contribution is 2.37. The molecule has 82 valence electrons. The summed E-state index contributed by atoms with van der Waals surface area (Å²) in [5.74, 6) is 0.713. The van der Waals surface area contributed by atoms with Gasteiger partial charge in [0.05, 0.1) is 9.80 Å². The highest BCUT2D eigenvalue weighted by molar-refractivity contribution is 8.01. The second kappa shape index (κ2) is 5.27. The van der Waals surface area contributed by atoms with Crippen molar-refractivity contribution in [2.45, 2.75) is 24.5 Å². The van der Waals surface area contributed by atoms with Crippen molar-refractivity contribution < 1.29 is 9.72 Å². The Hall–Kier alpha value is -0.880. The van der Waals surface area contributed by atoms with E-state index in [1.54, 1.807) is 0 Å². The lowest BCUT2D eigenvalue weighted by Crippen LogP contribution is -1.88. The van der Waals surface area contributed by atoms with Crippen LogP contribution in [0.25, 0.3) is 0 Å². The molecule has 0 aliphatic heterocycles. The van der Waals surface area contributed by atoms with Crippen molar-refractivity contribution in [3.63, 3.8) is 0 Å². The normalized spacial score (nSPS) is 10.3. The number of nitro groups is 1. The van der Waals surface area contributed by atoms with Crippen LogP contribution in [0, 0.1) is 10.1 Å². The van der Waals surface area contributed by atoms with Crippen molar-refractivity contribution in [1.29, 1.82) is 0 Å². The number of thioether (sulfide) groups is 1. The molecule has 0 saturated heterocycles. The number of carbonyl (C=O) groups excluding carboxylic acids is 1. The van der Waals surface area contributed by atoms with Crippen LogP contribution in [0.15, 0.2) is 10.3 Å². The zero-order valence-corrected chi connectivity index (χ0v) is 10.1. The standard InChI is InChI=1S/C9H11NO3S2/c1-3-4-14-9-7(10(12)13)5-8(15-9)6(2)11/h5H,3-4H2,1-2H3. The predicted octanol–water partition coefficient (Wildman–Crippen LogP) is 3.36. The minimum Gasteiger partial charge on any atom is -0.294 e. The third-order valence-corrected chi connectivity index (χ3v) is 4.37. The van der Waals surface area contributed by atoms with E-state index in [4.69, 9.17) is 0 Å². The molecule has 0 aliphatic carbocycles. The zero-order valence-electron chi connectivity index (χ0n) is 8.48. The van der Waals surface area contributed by atoms with Crippen LogP contribution in [0.3, 0.4) is 0 Å². The van der Waals surface area contributed by atoms with E-state index in [9.17, 15) is 14.9 Å². The maximum Gasteiger partial charge on any atom is 0.294 e. The summed E-state index contributed by atoms with van der Waals surface area (Å²) in [5, 5.41) is 10.7. The molecule has 0 aromatic carbocycles. The van der Waals surface area contributed by atoms with Crippen LogP contribution in [0.5, 0.6) is 0 Å². The average molecular weight is 245 g/mol. The van der Waals surface area contributed by atoms with Crippen LogP contribution in [-0.4, -0.2) is 16.5 Å². The van der Waals surface area contributed by atoms with Gasteiger partial charge < -0.3 is 0 Å². The molecule has 0 atom stereocenters. The van der Waals surface area contributed by atoms with E-state index in [1.807, 2.05) is 6.92 Å². The predicted molar refractivity (Wildman–Crippen MR) is 62.0 cm³/mol. The van der Waals surface area contributed by atoms with Crippen LogP contribution in [0.4, 0.5) is 5.69 Å². The highest BCUT2D eigenvalue weighted by Gasteiger charge is 2.20. The van der Waals surface area contributed by atoms with Crippen molar-refractivity contribution in [2.75, 3.05) is 5.75 Å². The Morgan fingerprint density at radius 1 is 1.67 bits per heavy atom. The monoisotopic (exact) mass is 245 g/mol. The molecule has 1 rings (SSSR count). The smallest absolute Gasteiger partial charge is 0.294 e. The summed E-state index contributed by atoms with van der Waals surface area (Å²) >= 11 is 2.65. The first-order chi connectivity index (χ1) is 7.06. The Morgan fingerprint density at radius 3 is 2.80 bits per heavy atom. The summed E-state index contributed by atoms with van der Waals surface area (Å²) in [5.41, 5.74) is 0.0589. The topological polar surface area (TPSA) is 60.2 Å². The fourth-order valence-electron chi connectivity index (χ4n) is 0.964. The van der Waals surface area contributed by atoms with Gasteiger partial charge in [-0.25, -0.2) is 0 Å². The lowest BCUT2D eigenvalue weighted by Gasteiger charge is -1.93. The minimum atomic E-state index is -0.430. The molecule has 15 heavy (non-hydrogen) atoms. The quantitative estimate of drug-likeness (QED) is 0.345. The fraction of sp³-hybridized carbons (Fsp3) is 0.444. The van der Waals surface area contributed by atoms with Crippen molar-refractivity contribution in [3.8, 4) is 0 Å². The van der Waals surface area contributed by atoms with E-state index >= 15 is 0 Å². The Bertz CT molecular complexity index is 387. The van der Waals surface area contributed by atoms with Gasteiger partial charge in [0.15, 0.2) is 5.78 Å². The Balaban J connectivity index is 3.00. The second-order valence-corrected chi connectivity index (χ2v) is 5.36. The first-order valence-corrected chi connectivity index (χ1v) is 6.28. The van der Waals surface area contributed by atoms with Crippen molar-refractivity contribution in [1.82, 2.24) is 0 Å². The lowest BCUT2D eigenvalue weighted by molar-refractivity contribution is -0.387. The Kier molecular flexibility index (Phi) is 4.28. The van der Waals surface area contributed by atoms with Gasteiger partial charge in [0.1, 0.15) is 4.21 Å². The Morgan fingerprint density at radius 2 is 2.33 bits per heavy atom. The maximum atomic E-state index is 11.1. The fourth-order valence-corrected chi connectivity index (χ4v) is 3.14. The zero-order chi connectivity index (χ0) is 11.4. The van der Waals surface area contributed by atoms with Gasteiger partial charge in [-0.05, 0) is 19.1 Å². The van der Waals surface area contributed by atoms with Gasteiger partial charge in [-0.15, -0.1) is 23.1 Å². The van der Waals surface area contributed by atoms with Crippen molar-refractivity contribution in [2.24, 2.45) is 0 Å². The third-order valence-electron chi connectivity index (χ3n) is 1.66. The molecule has 0 amide bonds. The molecule has 0 radical (unpaired) electrons. The van der Waals surface area contributed by atoms with Crippen LogP contribution < -0.4 is 0 Å². The van der Waals surface area contributed by atoms with E-state index in [0.29, 0.717) is 9.09 Å². The molecule has 1 aromatic heterocycles. The minimum absolute atomic E-state index is 0.0589. The van der Waals surface area contributed by atoms with E-state index in [0.717, 1.165) is 12.2 Å². The molecule has 4 nitrogen and oxygen atoms in total. The Labute approximate surface area is 95.8 Å². The lowest BCUT2D eigenvalue weighted by atomic mass is 10.3. The first-order valence-electron chi connectivity index (χ1n) is 4.48. The van der Waals surface area contributed by atoms with Crippen LogP contribution in [0.1, 0.15) is 29.9 Å². The molecule has 1 heterocycles. The summed E-state index contributed by atoms with van der Waals surface area (Å²) in [6.45, 7) is 3.43. The molecule has 0 N–H and O–H groups in total. The molecule has 0 fully saturated rings. The molecule has 6 heteroatoms. The van der Waals surface area contributed by atoms with Crippen molar-refractivity contribution >= 4 is 34.6 Å². The molecular weight excluding hydrogens is 234 g/mol. The van der Waals surface area contributed by atoms with E-state index in [-0.39, 0.29) is 11.5 Å². The summed E-state index contributed by atoms with van der Waals surface area (Å²) in [7, 11) is 0. The number of nitrogens with zero attached hydrogens (tertiary/aromatic N) is 1. The third kappa shape index (κ3) is 3.04. The van der Waals surface area contributed by atoms with Gasteiger partial charge in [0, 0.05) is 6.07 Å². The largest absolute Gasteiger partial charge is 0.294 e. The van der Waals surface area contributed by atoms with E-state index in [2.05, 4.69) is 0 Å². The number of carbonyl (C=O) groups is 1. The molecule has 1 aromatic rings. The molecule has 0 spiro atoms. The van der Waals surface area contributed by atoms with E-state index in [1.165, 1.54) is 36.1 Å². The number of hydrogen-bond donors (Lipinski definition) is 0. The number of hydrogen-bond acceptors (Lipinski definition) is 5. The van der Waals surface area contributed by atoms with Crippen LogP contribution in [-0.2, 0) is 0 Å². The average Bonchev–Trinajstić information content (AvgIpc) is 2.58. The summed E-state index contributed by atoms with van der Waals surface area (Å²) in [6, 6.07) is 1.37. The number of Topliss-reactive ketones (excluding diaryl/α,β-unsaturated/α-hetero) is 1. The van der Waals surface area contributed by atoms with Gasteiger partial charge >= 0.3 is 0 Å². The number of rotatable bonds is 5. The van der Waals surface area contributed by atoms with Gasteiger partial charge in [-0.1, -0.05) is 6.92 Å². The van der Waals surface area contributed by atoms with Crippen LogP contribution >= 0.6 is 23.1 Å². The number of thiophene rings is 1. The number of ketones is 1. The SMILES string of the molecule is CCCSc1sc(C(C)=O)cc1[N+](=O)[O-]. The van der Waals surface area contributed by atoms with Gasteiger partial charge in [-0.2, -0.15) is 0 Å². The van der Waals surface area contributed by atoms with Gasteiger partial charge in [0.25, 0.3) is 5.69 Å². The molecule has 0 aliphatic rings. The summed E-state index contributed by atoms with van der Waals surface area (Å²) in [6.07, 6.45) is 0.953. The van der Waals surface area contributed by atoms with Gasteiger partial charge in [0.2, 0.25) is 0 Å². The van der Waals surface area contributed by atoms with Crippen molar-refractivity contribution in [3.05, 3.63) is 21.1 Å². The molecule has 0 saturated carbocycles. The first kappa shape index (κ1) is 12.2. The summed E-state index contributed by atoms with van der Waals surface area (Å²) < 4.78 is 0.632. The van der Waals surface area contributed by atoms with Crippen LogP contribution in [0.2, 0.25) is 0 Å². The van der Waals surface area contributed by atoms with Gasteiger partial charge in [-0.3, -0.25) is 14.9 Å².